The molecule has 0 aliphatic rings. The van der Waals surface area contributed by atoms with Crippen molar-refractivity contribution in [3.8, 4) is 0 Å². The van der Waals surface area contributed by atoms with Gasteiger partial charge < -0.3 is 4.57 Å². The first-order valence-corrected chi connectivity index (χ1v) is 7.68. The van der Waals surface area contributed by atoms with Crippen molar-refractivity contribution in [2.75, 3.05) is 5.32 Å². The number of fused-ring (bicyclic) bond motifs is 1. The Morgan fingerprint density at radius 2 is 2.17 bits per heavy atom. The van der Waals surface area contributed by atoms with Crippen LogP contribution < -0.4 is 5.32 Å². The maximum Gasteiger partial charge on any atom is 0.258 e. The molecule has 0 saturated carbocycles. The third kappa shape index (κ3) is 3.05. The van der Waals surface area contributed by atoms with E-state index in [0.29, 0.717) is 11.5 Å². The molecular weight excluding hydrogens is 294 g/mol. The number of tetrazole rings is 1. The van der Waals surface area contributed by atoms with Crippen molar-refractivity contribution in [2.24, 2.45) is 7.05 Å². The van der Waals surface area contributed by atoms with Crippen LogP contribution in [0.3, 0.4) is 0 Å². The number of aryl methyl sites for hydroxylation is 2. The fourth-order valence-electron chi connectivity index (χ4n) is 2.51. The van der Waals surface area contributed by atoms with Crippen LogP contribution in [-0.2, 0) is 13.6 Å². The molecule has 8 nitrogen and oxygen atoms in total. The monoisotopic (exact) mass is 313 g/mol. The first kappa shape index (κ1) is 15.1. The molecule has 3 heterocycles. The van der Waals surface area contributed by atoms with E-state index in [1.54, 1.807) is 19.3 Å². The van der Waals surface area contributed by atoms with Gasteiger partial charge in [0.15, 0.2) is 0 Å². The summed E-state index contributed by atoms with van der Waals surface area (Å²) in [5.74, 6) is 0.0592. The fraction of sp³-hybridized carbons (Fsp3) is 0.400. The highest BCUT2D eigenvalue weighted by atomic mass is 16.1. The van der Waals surface area contributed by atoms with Gasteiger partial charge in [0.2, 0.25) is 5.95 Å². The summed E-state index contributed by atoms with van der Waals surface area (Å²) in [6.45, 7) is 3.08. The van der Waals surface area contributed by atoms with Gasteiger partial charge in [0.05, 0.1) is 5.56 Å². The van der Waals surface area contributed by atoms with Crippen molar-refractivity contribution >= 4 is 22.9 Å². The van der Waals surface area contributed by atoms with Gasteiger partial charge in [-0.15, -0.1) is 0 Å². The first-order valence-electron chi connectivity index (χ1n) is 7.68. The van der Waals surface area contributed by atoms with Gasteiger partial charge in [-0.25, -0.2) is 9.67 Å². The van der Waals surface area contributed by atoms with Gasteiger partial charge >= 0.3 is 0 Å². The Morgan fingerprint density at radius 3 is 2.91 bits per heavy atom. The third-order valence-electron chi connectivity index (χ3n) is 3.75. The molecule has 3 aromatic rings. The number of anilines is 1. The predicted molar refractivity (Wildman–Crippen MR) is 86.0 cm³/mol. The van der Waals surface area contributed by atoms with Crippen molar-refractivity contribution in [1.82, 2.24) is 29.8 Å². The quantitative estimate of drug-likeness (QED) is 0.703. The number of hydrogen-bond donors (Lipinski definition) is 1. The molecule has 1 amide bonds. The lowest BCUT2D eigenvalue weighted by molar-refractivity contribution is 0.102. The van der Waals surface area contributed by atoms with Crippen LogP contribution in [0.2, 0.25) is 0 Å². The number of nitrogens with one attached hydrogen (secondary N) is 1. The van der Waals surface area contributed by atoms with E-state index in [1.807, 2.05) is 12.3 Å². The van der Waals surface area contributed by atoms with Gasteiger partial charge in [-0.2, -0.15) is 0 Å². The maximum absolute atomic E-state index is 12.5. The third-order valence-corrected chi connectivity index (χ3v) is 3.75. The topological polar surface area (TPSA) is 90.5 Å². The molecule has 120 valence electrons. The van der Waals surface area contributed by atoms with Gasteiger partial charge in [-0.1, -0.05) is 24.9 Å². The van der Waals surface area contributed by atoms with Crippen LogP contribution in [0.15, 0.2) is 24.5 Å². The Bertz CT molecular complexity index is 820. The van der Waals surface area contributed by atoms with Crippen LogP contribution >= 0.6 is 0 Å². The molecule has 0 aromatic carbocycles. The van der Waals surface area contributed by atoms with Crippen LogP contribution in [0.5, 0.6) is 0 Å². The number of carbonyl (C=O) groups excluding carboxylic acids is 1. The highest BCUT2D eigenvalue weighted by Crippen LogP contribution is 2.19. The molecule has 0 radical (unpaired) electrons. The van der Waals surface area contributed by atoms with E-state index in [9.17, 15) is 4.79 Å². The number of hydrogen-bond acceptors (Lipinski definition) is 5. The number of amides is 1. The minimum Gasteiger partial charge on any atom is -0.332 e. The highest BCUT2D eigenvalue weighted by Gasteiger charge is 2.15. The number of carbonyl (C=O) groups is 1. The Kier molecular flexibility index (Phi) is 4.31. The molecule has 0 unspecified atom stereocenters. The zero-order chi connectivity index (χ0) is 16.2. The van der Waals surface area contributed by atoms with Crippen molar-refractivity contribution in [3.63, 3.8) is 0 Å². The van der Waals surface area contributed by atoms with Gasteiger partial charge in [-0.05, 0) is 29.0 Å². The average molecular weight is 313 g/mol. The molecule has 0 atom stereocenters. The summed E-state index contributed by atoms with van der Waals surface area (Å²) in [6, 6.07) is 3.63. The lowest BCUT2D eigenvalue weighted by Crippen LogP contribution is -2.16. The maximum atomic E-state index is 12.5. The molecule has 3 rings (SSSR count). The Hall–Kier alpha value is -2.77. The Labute approximate surface area is 133 Å². The van der Waals surface area contributed by atoms with Crippen molar-refractivity contribution < 1.29 is 4.79 Å². The van der Waals surface area contributed by atoms with Gasteiger partial charge in [0, 0.05) is 31.4 Å². The normalized spacial score (nSPS) is 11.0. The van der Waals surface area contributed by atoms with E-state index in [2.05, 4.69) is 37.3 Å². The SMILES string of the molecule is CCCCCn1ccc2c(C(=O)Nc3nnnn3C)ccnc21. The Balaban J connectivity index is 1.86. The molecule has 0 aliphatic heterocycles. The minimum absolute atomic E-state index is 0.249. The highest BCUT2D eigenvalue weighted by molar-refractivity contribution is 6.11. The molecular formula is C15H19N7O. The summed E-state index contributed by atoms with van der Waals surface area (Å²) in [4.78, 5) is 16.9. The van der Waals surface area contributed by atoms with Crippen molar-refractivity contribution in [3.05, 3.63) is 30.1 Å². The summed E-state index contributed by atoms with van der Waals surface area (Å²) >= 11 is 0. The van der Waals surface area contributed by atoms with Gasteiger partial charge in [0.1, 0.15) is 5.65 Å². The summed E-state index contributed by atoms with van der Waals surface area (Å²) in [5.41, 5.74) is 1.39. The van der Waals surface area contributed by atoms with E-state index < -0.39 is 0 Å². The lowest BCUT2D eigenvalue weighted by atomic mass is 10.2. The summed E-state index contributed by atoms with van der Waals surface area (Å²) in [7, 11) is 1.67. The molecule has 0 bridgehead atoms. The van der Waals surface area contributed by atoms with Gasteiger partial charge in [-0.3, -0.25) is 10.1 Å². The van der Waals surface area contributed by atoms with Crippen molar-refractivity contribution in [1.29, 1.82) is 0 Å². The van der Waals surface area contributed by atoms with Crippen LogP contribution in [0.1, 0.15) is 36.5 Å². The van der Waals surface area contributed by atoms with E-state index in [1.165, 1.54) is 17.5 Å². The second-order valence-electron chi connectivity index (χ2n) is 5.39. The van der Waals surface area contributed by atoms with E-state index >= 15 is 0 Å². The summed E-state index contributed by atoms with van der Waals surface area (Å²) in [6.07, 6.45) is 7.09. The largest absolute Gasteiger partial charge is 0.332 e. The molecule has 0 spiro atoms. The molecule has 8 heteroatoms. The fourth-order valence-corrected chi connectivity index (χ4v) is 2.51. The molecule has 3 aromatic heterocycles. The average Bonchev–Trinajstić information content (AvgIpc) is 3.14. The molecule has 0 fully saturated rings. The van der Waals surface area contributed by atoms with Gasteiger partial charge in [0.25, 0.3) is 5.91 Å². The molecule has 1 N–H and O–H groups in total. The second-order valence-corrected chi connectivity index (χ2v) is 5.39. The van der Waals surface area contributed by atoms with Crippen molar-refractivity contribution in [2.45, 2.75) is 32.7 Å². The summed E-state index contributed by atoms with van der Waals surface area (Å²) < 4.78 is 3.50. The number of aromatic nitrogens is 6. The predicted octanol–water partition coefficient (Wildman–Crippen LogP) is 2.00. The molecule has 0 saturated heterocycles. The van der Waals surface area contributed by atoms with Crippen LogP contribution in [0.25, 0.3) is 11.0 Å². The zero-order valence-corrected chi connectivity index (χ0v) is 13.2. The Morgan fingerprint density at radius 1 is 1.30 bits per heavy atom. The minimum atomic E-state index is -0.249. The standard InChI is InChI=1S/C15H19N7O/c1-3-4-5-9-22-10-7-11-12(6-8-16-13(11)22)14(23)17-15-18-19-20-21(15)2/h6-8,10H,3-5,9H2,1-2H3,(H,17,18,20,23). The smallest absolute Gasteiger partial charge is 0.258 e. The van der Waals surface area contributed by atoms with E-state index in [0.717, 1.165) is 24.0 Å². The number of pyridine rings is 1. The van der Waals surface area contributed by atoms with Crippen LogP contribution in [0.4, 0.5) is 5.95 Å². The first-order chi connectivity index (χ1) is 11.2. The molecule has 0 aliphatic carbocycles. The summed E-state index contributed by atoms with van der Waals surface area (Å²) in [5, 5.41) is 14.5. The number of rotatable bonds is 6. The number of unbranched alkanes of at least 4 members (excludes halogenated alkanes) is 2. The van der Waals surface area contributed by atoms with Crippen LogP contribution in [-0.4, -0.2) is 35.7 Å². The lowest BCUT2D eigenvalue weighted by Gasteiger charge is -2.06. The zero-order valence-electron chi connectivity index (χ0n) is 13.2. The van der Waals surface area contributed by atoms with E-state index in [4.69, 9.17) is 0 Å². The second kappa shape index (κ2) is 6.55. The number of nitrogens with zero attached hydrogens (tertiary/aromatic N) is 6. The van der Waals surface area contributed by atoms with Crippen LogP contribution in [0, 0.1) is 0 Å². The molecule has 23 heavy (non-hydrogen) atoms. The van der Waals surface area contributed by atoms with E-state index in [-0.39, 0.29) is 5.91 Å².